The SMILES string of the molecule is Cc1ccc(S(=O)(=O)n2cc(-c3ccc4c(c3F)CCN4)c3c(N)ncnc32)cc1. The Bertz CT molecular complexity index is 1410. The average Bonchev–Trinajstić information content (AvgIpc) is 3.35. The lowest BCUT2D eigenvalue weighted by Gasteiger charge is -2.07. The molecule has 7 nitrogen and oxygen atoms in total. The summed E-state index contributed by atoms with van der Waals surface area (Å²) in [6.07, 6.45) is 3.13. The standard InChI is InChI=1S/C21H18FN5O2S/c1-12-2-4-13(5-3-12)30(28,29)27-10-16(18-20(23)25-11-26-21(18)27)14-6-7-17-15(19(14)22)8-9-24-17/h2-7,10-11,24H,8-9H2,1H3,(H2,23,25,26). The summed E-state index contributed by atoms with van der Waals surface area (Å²) < 4.78 is 43.0. The van der Waals surface area contributed by atoms with Crippen LogP contribution < -0.4 is 11.1 Å². The van der Waals surface area contributed by atoms with Gasteiger partial charge in [-0.05, 0) is 37.6 Å². The number of fused-ring (bicyclic) bond motifs is 2. The lowest BCUT2D eigenvalue weighted by atomic mass is 10.0. The smallest absolute Gasteiger partial charge is 0.269 e. The highest BCUT2D eigenvalue weighted by Crippen LogP contribution is 2.39. The number of aryl methyl sites for hydroxylation is 1. The van der Waals surface area contributed by atoms with Gasteiger partial charge in [0.25, 0.3) is 10.0 Å². The number of nitrogens with one attached hydrogen (secondary N) is 1. The van der Waals surface area contributed by atoms with Gasteiger partial charge in [0.15, 0.2) is 5.65 Å². The van der Waals surface area contributed by atoms with E-state index in [1.165, 1.54) is 24.7 Å². The van der Waals surface area contributed by atoms with Crippen LogP contribution in [0.3, 0.4) is 0 Å². The molecule has 3 heterocycles. The van der Waals surface area contributed by atoms with Crippen LogP contribution in [0.1, 0.15) is 11.1 Å². The molecule has 0 aliphatic carbocycles. The summed E-state index contributed by atoms with van der Waals surface area (Å²) in [6, 6.07) is 9.91. The number of hydrogen-bond acceptors (Lipinski definition) is 6. The molecule has 2 aromatic carbocycles. The van der Waals surface area contributed by atoms with Crippen molar-refractivity contribution in [3.05, 3.63) is 65.9 Å². The van der Waals surface area contributed by atoms with Crippen molar-refractivity contribution in [2.75, 3.05) is 17.6 Å². The topological polar surface area (TPSA) is 103 Å². The largest absolute Gasteiger partial charge is 0.384 e. The summed E-state index contributed by atoms with van der Waals surface area (Å²) in [6.45, 7) is 2.53. The van der Waals surface area contributed by atoms with Crippen molar-refractivity contribution >= 4 is 32.6 Å². The highest BCUT2D eigenvalue weighted by molar-refractivity contribution is 7.90. The second-order valence-corrected chi connectivity index (χ2v) is 9.06. The number of nitrogen functional groups attached to an aromatic ring is 1. The first-order chi connectivity index (χ1) is 14.4. The van der Waals surface area contributed by atoms with E-state index >= 15 is 4.39 Å². The van der Waals surface area contributed by atoms with Gasteiger partial charge < -0.3 is 11.1 Å². The zero-order chi connectivity index (χ0) is 21.0. The maximum absolute atomic E-state index is 15.3. The molecule has 0 fully saturated rings. The fourth-order valence-electron chi connectivity index (χ4n) is 3.83. The third-order valence-corrected chi connectivity index (χ3v) is 7.05. The van der Waals surface area contributed by atoms with Crippen LogP contribution in [0.15, 0.2) is 53.8 Å². The first-order valence-corrected chi connectivity index (χ1v) is 10.8. The van der Waals surface area contributed by atoms with Crippen molar-refractivity contribution in [2.24, 2.45) is 0 Å². The normalized spacial score (nSPS) is 13.4. The highest BCUT2D eigenvalue weighted by atomic mass is 32.2. The van der Waals surface area contributed by atoms with Gasteiger partial charge in [-0.1, -0.05) is 17.7 Å². The number of anilines is 2. The van der Waals surface area contributed by atoms with E-state index < -0.39 is 15.8 Å². The van der Waals surface area contributed by atoms with Crippen LogP contribution in [-0.2, 0) is 16.4 Å². The van der Waals surface area contributed by atoms with Crippen LogP contribution in [-0.4, -0.2) is 28.9 Å². The molecule has 152 valence electrons. The zero-order valence-corrected chi connectivity index (χ0v) is 16.9. The van der Waals surface area contributed by atoms with Crippen LogP contribution in [0.4, 0.5) is 15.9 Å². The van der Waals surface area contributed by atoms with E-state index in [4.69, 9.17) is 5.73 Å². The summed E-state index contributed by atoms with van der Waals surface area (Å²) in [5.41, 5.74) is 9.05. The Kier molecular flexibility index (Phi) is 4.04. The predicted molar refractivity (Wildman–Crippen MR) is 113 cm³/mol. The molecule has 0 radical (unpaired) electrons. The number of nitrogens with zero attached hydrogens (tertiary/aromatic N) is 3. The third-order valence-electron chi connectivity index (χ3n) is 5.38. The van der Waals surface area contributed by atoms with E-state index in [-0.39, 0.29) is 21.9 Å². The Balaban J connectivity index is 1.80. The molecular formula is C21H18FN5O2S. The molecule has 0 saturated heterocycles. The first-order valence-electron chi connectivity index (χ1n) is 9.37. The summed E-state index contributed by atoms with van der Waals surface area (Å²) in [4.78, 5) is 8.26. The van der Waals surface area contributed by atoms with Gasteiger partial charge in [-0.15, -0.1) is 0 Å². The fourth-order valence-corrected chi connectivity index (χ4v) is 5.15. The molecule has 1 aliphatic heterocycles. The first kappa shape index (κ1) is 18.6. The molecule has 5 rings (SSSR count). The minimum Gasteiger partial charge on any atom is -0.384 e. The van der Waals surface area contributed by atoms with Crippen LogP contribution in [0, 0.1) is 12.7 Å². The molecule has 1 aliphatic rings. The van der Waals surface area contributed by atoms with Gasteiger partial charge in [0, 0.05) is 35.1 Å². The zero-order valence-electron chi connectivity index (χ0n) is 16.1. The Labute approximate surface area is 172 Å². The number of benzene rings is 2. The molecule has 2 aromatic heterocycles. The molecular weight excluding hydrogens is 405 g/mol. The highest BCUT2D eigenvalue weighted by Gasteiger charge is 2.27. The number of halogens is 1. The lowest BCUT2D eigenvalue weighted by molar-refractivity contribution is 0.588. The molecule has 0 unspecified atom stereocenters. The van der Waals surface area contributed by atoms with Crippen molar-refractivity contribution in [2.45, 2.75) is 18.2 Å². The molecule has 0 amide bonds. The van der Waals surface area contributed by atoms with Gasteiger partial charge in [0.2, 0.25) is 0 Å². The van der Waals surface area contributed by atoms with E-state index in [0.717, 1.165) is 15.2 Å². The molecule has 30 heavy (non-hydrogen) atoms. The molecule has 4 aromatic rings. The van der Waals surface area contributed by atoms with Gasteiger partial charge in [-0.3, -0.25) is 0 Å². The number of aromatic nitrogens is 3. The van der Waals surface area contributed by atoms with Gasteiger partial charge in [-0.2, -0.15) is 0 Å². The third kappa shape index (κ3) is 2.66. The predicted octanol–water partition coefficient (Wildman–Crippen LogP) is 3.33. The van der Waals surface area contributed by atoms with Gasteiger partial charge in [0.1, 0.15) is 18.0 Å². The Morgan fingerprint density at radius 2 is 1.87 bits per heavy atom. The lowest BCUT2D eigenvalue weighted by Crippen LogP contribution is -2.12. The van der Waals surface area contributed by atoms with Crippen LogP contribution in [0.5, 0.6) is 0 Å². The van der Waals surface area contributed by atoms with Crippen LogP contribution in [0.25, 0.3) is 22.2 Å². The van der Waals surface area contributed by atoms with Crippen molar-refractivity contribution in [1.82, 2.24) is 13.9 Å². The number of hydrogen-bond donors (Lipinski definition) is 2. The summed E-state index contributed by atoms with van der Waals surface area (Å²) >= 11 is 0. The second-order valence-electron chi connectivity index (χ2n) is 7.24. The van der Waals surface area contributed by atoms with Crippen molar-refractivity contribution in [3.8, 4) is 11.1 Å². The van der Waals surface area contributed by atoms with Crippen molar-refractivity contribution in [1.29, 1.82) is 0 Å². The minimum atomic E-state index is -3.97. The van der Waals surface area contributed by atoms with Gasteiger partial charge in [-0.25, -0.2) is 26.7 Å². The van der Waals surface area contributed by atoms with Gasteiger partial charge in [0.05, 0.1) is 10.3 Å². The quantitative estimate of drug-likeness (QED) is 0.524. The maximum atomic E-state index is 15.3. The second kappa shape index (κ2) is 6.53. The maximum Gasteiger partial charge on any atom is 0.269 e. The van der Waals surface area contributed by atoms with E-state index in [1.807, 2.05) is 6.92 Å². The Morgan fingerprint density at radius 1 is 1.10 bits per heavy atom. The molecule has 0 saturated carbocycles. The molecule has 0 atom stereocenters. The van der Waals surface area contributed by atoms with E-state index in [0.29, 0.717) is 29.5 Å². The summed E-state index contributed by atoms with van der Waals surface area (Å²) in [5.74, 6) is -0.307. The number of nitrogens with two attached hydrogens (primary N) is 1. The molecule has 0 bridgehead atoms. The van der Waals surface area contributed by atoms with Crippen LogP contribution >= 0.6 is 0 Å². The Hall–Kier alpha value is -3.46. The molecule has 9 heteroatoms. The van der Waals surface area contributed by atoms with E-state index in [2.05, 4.69) is 15.3 Å². The van der Waals surface area contributed by atoms with E-state index in [1.54, 1.807) is 24.3 Å². The fraction of sp³-hybridized carbons (Fsp3) is 0.143. The average molecular weight is 423 g/mol. The number of rotatable bonds is 3. The van der Waals surface area contributed by atoms with Crippen molar-refractivity contribution < 1.29 is 12.8 Å². The Morgan fingerprint density at radius 3 is 2.63 bits per heavy atom. The monoisotopic (exact) mass is 423 g/mol. The molecule has 3 N–H and O–H groups in total. The van der Waals surface area contributed by atoms with Gasteiger partial charge >= 0.3 is 0 Å². The van der Waals surface area contributed by atoms with Crippen molar-refractivity contribution in [3.63, 3.8) is 0 Å². The molecule has 0 spiro atoms. The van der Waals surface area contributed by atoms with Crippen LogP contribution in [0.2, 0.25) is 0 Å². The minimum absolute atomic E-state index is 0.0888. The summed E-state index contributed by atoms with van der Waals surface area (Å²) in [7, 11) is -3.97. The summed E-state index contributed by atoms with van der Waals surface area (Å²) in [5, 5.41) is 3.44. The van der Waals surface area contributed by atoms with E-state index in [9.17, 15) is 8.42 Å².